The lowest BCUT2D eigenvalue weighted by molar-refractivity contribution is -0.117. The Morgan fingerprint density at radius 2 is 2.14 bits per heavy atom. The number of carbonyl (C=O) groups excluding carboxylic acids is 1. The smallest absolute Gasteiger partial charge is 0.238 e. The first-order valence-corrected chi connectivity index (χ1v) is 8.80. The molecule has 0 radical (unpaired) electrons. The van der Waals surface area contributed by atoms with Gasteiger partial charge in [-0.05, 0) is 54.9 Å². The first-order valence-electron chi connectivity index (χ1n) is 7.92. The zero-order chi connectivity index (χ0) is 15.4. The van der Waals surface area contributed by atoms with Gasteiger partial charge in [-0.15, -0.1) is 11.3 Å². The van der Waals surface area contributed by atoms with E-state index in [4.69, 9.17) is 0 Å². The summed E-state index contributed by atoms with van der Waals surface area (Å²) >= 11 is 1.79. The highest BCUT2D eigenvalue weighted by atomic mass is 32.1. The van der Waals surface area contributed by atoms with Crippen LogP contribution in [-0.4, -0.2) is 23.9 Å². The molecule has 116 valence electrons. The van der Waals surface area contributed by atoms with Gasteiger partial charge in [-0.1, -0.05) is 25.1 Å². The van der Waals surface area contributed by atoms with Crippen molar-refractivity contribution in [3.05, 3.63) is 52.2 Å². The van der Waals surface area contributed by atoms with E-state index in [1.165, 1.54) is 16.9 Å². The van der Waals surface area contributed by atoms with Crippen LogP contribution in [0.25, 0.3) is 0 Å². The number of amides is 1. The van der Waals surface area contributed by atoms with Crippen molar-refractivity contribution in [3.63, 3.8) is 0 Å². The maximum atomic E-state index is 12.3. The fourth-order valence-corrected chi connectivity index (χ4v) is 3.92. The number of thiophene rings is 1. The van der Waals surface area contributed by atoms with Crippen LogP contribution < -0.4 is 5.32 Å². The second-order valence-electron chi connectivity index (χ2n) is 5.74. The van der Waals surface area contributed by atoms with E-state index in [1.807, 2.05) is 12.1 Å². The summed E-state index contributed by atoms with van der Waals surface area (Å²) in [6.07, 6.45) is 3.34. The number of nitrogens with one attached hydrogen (secondary N) is 1. The molecule has 1 atom stereocenters. The minimum absolute atomic E-state index is 0.0766. The number of nitrogens with zero attached hydrogens (tertiary/aromatic N) is 1. The van der Waals surface area contributed by atoms with E-state index in [-0.39, 0.29) is 5.91 Å². The summed E-state index contributed by atoms with van der Waals surface area (Å²) in [5.74, 6) is 0.0766. The third-order valence-corrected chi connectivity index (χ3v) is 5.20. The van der Waals surface area contributed by atoms with E-state index >= 15 is 0 Å². The van der Waals surface area contributed by atoms with E-state index in [2.05, 4.69) is 46.8 Å². The molecule has 1 N–H and O–H groups in total. The molecule has 1 amide bonds. The third-order valence-electron chi connectivity index (χ3n) is 4.23. The van der Waals surface area contributed by atoms with Crippen molar-refractivity contribution < 1.29 is 4.79 Å². The molecule has 2 heterocycles. The van der Waals surface area contributed by atoms with Crippen LogP contribution in [0.1, 0.15) is 36.2 Å². The Morgan fingerprint density at radius 3 is 2.82 bits per heavy atom. The van der Waals surface area contributed by atoms with Crippen molar-refractivity contribution >= 4 is 22.9 Å². The molecule has 1 fully saturated rings. The van der Waals surface area contributed by atoms with E-state index in [0.29, 0.717) is 12.6 Å². The van der Waals surface area contributed by atoms with Gasteiger partial charge >= 0.3 is 0 Å². The minimum atomic E-state index is 0.0766. The lowest BCUT2D eigenvalue weighted by atomic mass is 10.1. The van der Waals surface area contributed by atoms with Crippen LogP contribution in [0.2, 0.25) is 0 Å². The fourth-order valence-electron chi connectivity index (χ4n) is 3.03. The van der Waals surface area contributed by atoms with Crippen molar-refractivity contribution in [2.24, 2.45) is 0 Å². The Bertz CT molecular complexity index is 607. The van der Waals surface area contributed by atoms with E-state index in [0.717, 1.165) is 25.1 Å². The molecule has 0 saturated carbocycles. The number of likely N-dealkylation sites (tertiary alicyclic amines) is 1. The number of benzene rings is 1. The standard InChI is InChI=1S/C18H22N2OS/c1-2-14-7-9-15(10-8-14)19-18(21)13-20-11-3-5-16(20)17-6-4-12-22-17/h4,6-10,12,16H,2-3,5,11,13H2,1H3,(H,19,21)/t16-/m0/s1. The maximum Gasteiger partial charge on any atom is 0.238 e. The summed E-state index contributed by atoms with van der Waals surface area (Å²) in [7, 11) is 0. The van der Waals surface area contributed by atoms with Crippen molar-refractivity contribution in [2.45, 2.75) is 32.2 Å². The van der Waals surface area contributed by atoms with Crippen LogP contribution in [-0.2, 0) is 11.2 Å². The Labute approximate surface area is 136 Å². The molecule has 1 aliphatic heterocycles. The van der Waals surface area contributed by atoms with Gasteiger partial charge in [-0.2, -0.15) is 0 Å². The maximum absolute atomic E-state index is 12.3. The van der Waals surface area contributed by atoms with Gasteiger partial charge in [0.2, 0.25) is 5.91 Å². The lowest BCUT2D eigenvalue weighted by Crippen LogP contribution is -2.32. The normalized spacial score (nSPS) is 18.5. The summed E-state index contributed by atoms with van der Waals surface area (Å²) in [5, 5.41) is 5.12. The van der Waals surface area contributed by atoms with Crippen LogP contribution in [0.5, 0.6) is 0 Å². The number of anilines is 1. The highest BCUT2D eigenvalue weighted by molar-refractivity contribution is 7.10. The Balaban J connectivity index is 1.58. The molecular weight excluding hydrogens is 292 g/mol. The Kier molecular flexibility index (Phi) is 4.90. The summed E-state index contributed by atoms with van der Waals surface area (Å²) in [5.41, 5.74) is 2.17. The summed E-state index contributed by atoms with van der Waals surface area (Å²) in [6.45, 7) is 3.61. The van der Waals surface area contributed by atoms with Crippen molar-refractivity contribution in [1.82, 2.24) is 4.90 Å². The van der Waals surface area contributed by atoms with Gasteiger partial charge in [0, 0.05) is 16.6 Å². The summed E-state index contributed by atoms with van der Waals surface area (Å²) < 4.78 is 0. The number of hydrogen-bond acceptors (Lipinski definition) is 3. The van der Waals surface area contributed by atoms with Gasteiger partial charge in [-0.25, -0.2) is 0 Å². The highest BCUT2D eigenvalue weighted by Crippen LogP contribution is 2.34. The average molecular weight is 314 g/mol. The molecule has 4 heteroatoms. The molecule has 1 aliphatic rings. The van der Waals surface area contributed by atoms with Crippen LogP contribution in [0.3, 0.4) is 0 Å². The highest BCUT2D eigenvalue weighted by Gasteiger charge is 2.28. The van der Waals surface area contributed by atoms with Gasteiger partial charge in [-0.3, -0.25) is 9.69 Å². The van der Waals surface area contributed by atoms with E-state index < -0.39 is 0 Å². The molecule has 3 nitrogen and oxygen atoms in total. The van der Waals surface area contributed by atoms with Gasteiger partial charge in [0.1, 0.15) is 0 Å². The molecule has 0 unspecified atom stereocenters. The quantitative estimate of drug-likeness (QED) is 0.901. The van der Waals surface area contributed by atoms with Crippen molar-refractivity contribution in [2.75, 3.05) is 18.4 Å². The fraction of sp³-hybridized carbons (Fsp3) is 0.389. The third kappa shape index (κ3) is 3.57. The molecule has 22 heavy (non-hydrogen) atoms. The second-order valence-corrected chi connectivity index (χ2v) is 6.72. The SMILES string of the molecule is CCc1ccc(NC(=O)CN2CCC[C@H]2c2cccs2)cc1. The molecule has 0 aliphatic carbocycles. The lowest BCUT2D eigenvalue weighted by Gasteiger charge is -2.22. The first-order chi connectivity index (χ1) is 10.8. The zero-order valence-corrected chi connectivity index (χ0v) is 13.7. The predicted molar refractivity (Wildman–Crippen MR) is 92.3 cm³/mol. The number of carbonyl (C=O) groups is 1. The van der Waals surface area contributed by atoms with Crippen molar-refractivity contribution in [3.8, 4) is 0 Å². The molecule has 0 bridgehead atoms. The molecule has 1 aromatic heterocycles. The molecule has 2 aromatic rings. The number of aryl methyl sites for hydroxylation is 1. The summed E-state index contributed by atoms with van der Waals surface area (Å²) in [6, 6.07) is 12.8. The van der Waals surface area contributed by atoms with Crippen LogP contribution in [0.4, 0.5) is 5.69 Å². The average Bonchev–Trinajstić information content (AvgIpc) is 3.18. The molecular formula is C18H22N2OS. The van der Waals surface area contributed by atoms with Crippen LogP contribution >= 0.6 is 11.3 Å². The summed E-state index contributed by atoms with van der Waals surface area (Å²) in [4.78, 5) is 16.0. The first kappa shape index (κ1) is 15.3. The minimum Gasteiger partial charge on any atom is -0.325 e. The molecule has 1 saturated heterocycles. The Morgan fingerprint density at radius 1 is 1.32 bits per heavy atom. The van der Waals surface area contributed by atoms with Crippen molar-refractivity contribution in [1.29, 1.82) is 0 Å². The van der Waals surface area contributed by atoms with Gasteiger partial charge in [0.05, 0.1) is 6.54 Å². The second kappa shape index (κ2) is 7.07. The van der Waals surface area contributed by atoms with E-state index in [1.54, 1.807) is 11.3 Å². The predicted octanol–water partition coefficient (Wildman–Crippen LogP) is 4.09. The van der Waals surface area contributed by atoms with Crippen LogP contribution in [0, 0.1) is 0 Å². The van der Waals surface area contributed by atoms with Gasteiger partial charge < -0.3 is 5.32 Å². The van der Waals surface area contributed by atoms with Gasteiger partial charge in [0.25, 0.3) is 0 Å². The molecule has 3 rings (SSSR count). The van der Waals surface area contributed by atoms with Gasteiger partial charge in [0.15, 0.2) is 0 Å². The number of rotatable bonds is 5. The molecule has 0 spiro atoms. The zero-order valence-electron chi connectivity index (χ0n) is 12.9. The van der Waals surface area contributed by atoms with E-state index in [9.17, 15) is 4.79 Å². The van der Waals surface area contributed by atoms with Crippen LogP contribution in [0.15, 0.2) is 41.8 Å². The monoisotopic (exact) mass is 314 g/mol. The largest absolute Gasteiger partial charge is 0.325 e. The Hall–Kier alpha value is -1.65. The molecule has 1 aromatic carbocycles. The number of hydrogen-bond donors (Lipinski definition) is 1. The topological polar surface area (TPSA) is 32.3 Å².